The fourth-order valence-electron chi connectivity index (χ4n) is 6.76. The van der Waals surface area contributed by atoms with Gasteiger partial charge in [-0.05, 0) is 93.4 Å². The summed E-state index contributed by atoms with van der Waals surface area (Å²) in [5, 5.41) is 0. The van der Waals surface area contributed by atoms with E-state index in [9.17, 15) is 4.39 Å². The molecule has 6 aromatic carbocycles. The van der Waals surface area contributed by atoms with E-state index in [0.29, 0.717) is 0 Å². The van der Waals surface area contributed by atoms with Crippen LogP contribution in [0.5, 0.6) is 0 Å². The Morgan fingerprint density at radius 2 is 1.17 bits per heavy atom. The topological polar surface area (TPSA) is 3.24 Å². The van der Waals surface area contributed by atoms with Crippen LogP contribution in [0, 0.1) is 5.82 Å². The molecule has 0 bridgehead atoms. The summed E-state index contributed by atoms with van der Waals surface area (Å²) in [6.45, 7) is 10.9. The van der Waals surface area contributed by atoms with Gasteiger partial charge in [-0.2, -0.15) is 0 Å². The number of para-hydroxylation sites is 1. The average Bonchev–Trinajstić information content (AvgIpc) is 3.23. The summed E-state index contributed by atoms with van der Waals surface area (Å²) in [5.74, 6) is -0.248. The van der Waals surface area contributed by atoms with Crippen LogP contribution in [0.1, 0.15) is 35.1 Å². The van der Waals surface area contributed by atoms with Crippen LogP contribution in [0.3, 0.4) is 0 Å². The third kappa shape index (κ3) is 5.98. The number of anilines is 2. The number of allylic oxidation sites excluding steroid dienone is 2. The summed E-state index contributed by atoms with van der Waals surface area (Å²) >= 11 is 0. The fraction of sp³-hybridized carbons (Fsp3) is 0.0667. The van der Waals surface area contributed by atoms with Crippen molar-refractivity contribution >= 4 is 23.0 Å². The normalized spacial score (nSPS) is 14.9. The number of rotatable bonds is 7. The Morgan fingerprint density at radius 3 is 1.81 bits per heavy atom. The predicted molar refractivity (Wildman–Crippen MR) is 197 cm³/mol. The first kappa shape index (κ1) is 30.0. The molecule has 0 aromatic heterocycles. The maximum Gasteiger partial charge on any atom is 0.123 e. The Balaban J connectivity index is 1.37. The SMILES string of the molecule is C=Cc1ccc(-c2ccc3c(c2)C(=C)C=C(C(c2ccccc2)c2ccc(-c4ccc(F)cc4)cc2)C(C)N3c2ccccc2)cc1. The molecule has 2 atom stereocenters. The van der Waals surface area contributed by atoms with Crippen LogP contribution >= 0.6 is 0 Å². The van der Waals surface area contributed by atoms with Crippen LogP contribution in [-0.4, -0.2) is 6.04 Å². The lowest BCUT2D eigenvalue weighted by Crippen LogP contribution is -2.32. The Labute approximate surface area is 277 Å². The molecule has 0 amide bonds. The Kier molecular flexibility index (Phi) is 8.25. The van der Waals surface area contributed by atoms with Gasteiger partial charge in [-0.15, -0.1) is 0 Å². The Morgan fingerprint density at radius 1 is 0.638 bits per heavy atom. The van der Waals surface area contributed by atoms with Gasteiger partial charge in [0.1, 0.15) is 5.82 Å². The zero-order valence-corrected chi connectivity index (χ0v) is 26.5. The first-order valence-electron chi connectivity index (χ1n) is 16.0. The largest absolute Gasteiger partial charge is 0.334 e. The highest BCUT2D eigenvalue weighted by atomic mass is 19.1. The third-order valence-corrected chi connectivity index (χ3v) is 9.21. The Bertz CT molecular complexity index is 2060. The van der Waals surface area contributed by atoms with Crippen LogP contribution in [0.25, 0.3) is 33.9 Å². The van der Waals surface area contributed by atoms with Crippen molar-refractivity contribution in [1.29, 1.82) is 0 Å². The molecule has 0 saturated heterocycles. The molecule has 47 heavy (non-hydrogen) atoms. The monoisotopic (exact) mass is 609 g/mol. The van der Waals surface area contributed by atoms with E-state index in [1.54, 1.807) is 0 Å². The van der Waals surface area contributed by atoms with Gasteiger partial charge in [0, 0.05) is 22.9 Å². The molecule has 0 N–H and O–H groups in total. The molecule has 228 valence electrons. The van der Waals surface area contributed by atoms with Gasteiger partial charge in [-0.25, -0.2) is 4.39 Å². The maximum atomic E-state index is 13.6. The van der Waals surface area contributed by atoms with Crippen molar-refractivity contribution in [3.05, 3.63) is 205 Å². The summed E-state index contributed by atoms with van der Waals surface area (Å²) in [7, 11) is 0. The van der Waals surface area contributed by atoms with Crippen LogP contribution in [0.4, 0.5) is 15.8 Å². The summed E-state index contributed by atoms with van der Waals surface area (Å²) in [4.78, 5) is 2.45. The summed E-state index contributed by atoms with van der Waals surface area (Å²) in [5.41, 5.74) is 13.5. The van der Waals surface area contributed by atoms with Gasteiger partial charge < -0.3 is 4.90 Å². The number of halogens is 1. The van der Waals surface area contributed by atoms with E-state index in [2.05, 4.69) is 158 Å². The number of fused-ring (bicyclic) bond motifs is 1. The maximum absolute atomic E-state index is 13.6. The van der Waals surface area contributed by atoms with Gasteiger partial charge in [-0.3, -0.25) is 0 Å². The quantitative estimate of drug-likeness (QED) is 0.174. The summed E-state index contributed by atoms with van der Waals surface area (Å²) < 4.78 is 13.6. The fourth-order valence-corrected chi connectivity index (χ4v) is 6.76. The van der Waals surface area contributed by atoms with Gasteiger partial charge in [0.25, 0.3) is 0 Å². The van der Waals surface area contributed by atoms with Crippen LogP contribution in [0.2, 0.25) is 0 Å². The second-order valence-corrected chi connectivity index (χ2v) is 12.1. The molecule has 7 rings (SSSR count). The molecule has 6 aromatic rings. The molecule has 0 saturated carbocycles. The minimum absolute atomic E-state index is 0.00936. The van der Waals surface area contributed by atoms with Crippen molar-refractivity contribution in [1.82, 2.24) is 0 Å². The molecule has 1 nitrogen and oxygen atoms in total. The zero-order valence-electron chi connectivity index (χ0n) is 26.5. The summed E-state index contributed by atoms with van der Waals surface area (Å²) in [6, 6.07) is 52.0. The van der Waals surface area contributed by atoms with Crippen LogP contribution < -0.4 is 4.90 Å². The van der Waals surface area contributed by atoms with Crippen molar-refractivity contribution < 1.29 is 4.39 Å². The molecule has 0 fully saturated rings. The van der Waals surface area contributed by atoms with E-state index < -0.39 is 0 Å². The molecule has 1 heterocycles. The van der Waals surface area contributed by atoms with Crippen LogP contribution in [-0.2, 0) is 0 Å². The first-order valence-corrected chi connectivity index (χ1v) is 16.0. The molecule has 0 spiro atoms. The number of benzene rings is 6. The Hall–Kier alpha value is -5.73. The molecular formula is C45H36FN. The highest BCUT2D eigenvalue weighted by molar-refractivity contribution is 5.90. The minimum Gasteiger partial charge on any atom is -0.334 e. The molecular weight excluding hydrogens is 574 g/mol. The highest BCUT2D eigenvalue weighted by Gasteiger charge is 2.32. The first-order chi connectivity index (χ1) is 23.0. The van der Waals surface area contributed by atoms with Gasteiger partial charge in [0.2, 0.25) is 0 Å². The molecule has 0 aliphatic carbocycles. The van der Waals surface area contributed by atoms with Crippen molar-refractivity contribution in [2.75, 3.05) is 4.90 Å². The van der Waals surface area contributed by atoms with Crippen molar-refractivity contribution in [2.24, 2.45) is 0 Å². The van der Waals surface area contributed by atoms with E-state index >= 15 is 0 Å². The standard InChI is InChI=1S/C45H36FN/c1-4-33-15-17-36(18-16-33)39-25-28-44-42(30-39)31(2)29-43(32(3)47(44)41-13-9-6-10-14-41)45(37-11-7-5-8-12-37)38-21-19-34(20-22-38)35-23-26-40(46)27-24-35/h4-30,32,45H,1-2H2,3H3. The van der Waals surface area contributed by atoms with Crippen molar-refractivity contribution in [3.8, 4) is 22.3 Å². The van der Waals surface area contributed by atoms with Gasteiger partial charge >= 0.3 is 0 Å². The summed E-state index contributed by atoms with van der Waals surface area (Å²) in [6.07, 6.45) is 4.18. The average molecular weight is 610 g/mol. The van der Waals surface area contributed by atoms with E-state index in [-0.39, 0.29) is 17.8 Å². The van der Waals surface area contributed by atoms with E-state index in [1.165, 1.54) is 28.8 Å². The van der Waals surface area contributed by atoms with E-state index in [4.69, 9.17) is 0 Å². The van der Waals surface area contributed by atoms with E-state index in [1.807, 2.05) is 18.2 Å². The van der Waals surface area contributed by atoms with Gasteiger partial charge in [0.05, 0.1) is 6.04 Å². The van der Waals surface area contributed by atoms with Crippen molar-refractivity contribution in [2.45, 2.75) is 18.9 Å². The van der Waals surface area contributed by atoms with Gasteiger partial charge in [0.15, 0.2) is 0 Å². The van der Waals surface area contributed by atoms with Crippen LogP contribution in [0.15, 0.2) is 176 Å². The number of hydrogen-bond donors (Lipinski definition) is 0. The van der Waals surface area contributed by atoms with Crippen molar-refractivity contribution in [3.63, 3.8) is 0 Å². The molecule has 0 radical (unpaired) electrons. The second kappa shape index (κ2) is 12.9. The predicted octanol–water partition coefficient (Wildman–Crippen LogP) is 12.1. The molecule has 2 unspecified atom stereocenters. The second-order valence-electron chi connectivity index (χ2n) is 12.1. The smallest absolute Gasteiger partial charge is 0.123 e. The lowest BCUT2D eigenvalue weighted by atomic mass is 9.80. The zero-order chi connectivity index (χ0) is 32.3. The molecule has 1 aliphatic heterocycles. The number of hydrogen-bond acceptors (Lipinski definition) is 1. The molecule has 1 aliphatic rings. The van der Waals surface area contributed by atoms with Gasteiger partial charge in [-0.1, -0.05) is 141 Å². The molecule has 2 heteroatoms. The minimum atomic E-state index is -0.231. The third-order valence-electron chi connectivity index (χ3n) is 9.21. The number of nitrogens with zero attached hydrogens (tertiary/aromatic N) is 1. The highest BCUT2D eigenvalue weighted by Crippen LogP contribution is 2.46. The lowest BCUT2D eigenvalue weighted by molar-refractivity contribution is 0.628. The lowest BCUT2D eigenvalue weighted by Gasteiger charge is -2.36. The van der Waals surface area contributed by atoms with E-state index in [0.717, 1.165) is 50.3 Å².